The third-order valence-electron chi connectivity index (χ3n) is 4.44. The van der Waals surface area contributed by atoms with Gasteiger partial charge in [0.15, 0.2) is 0 Å². The van der Waals surface area contributed by atoms with E-state index in [0.29, 0.717) is 19.8 Å². The molecular weight excluding hydrogens is 304 g/mol. The van der Waals surface area contributed by atoms with Crippen LogP contribution in [-0.4, -0.2) is 38.6 Å². The fourth-order valence-corrected chi connectivity index (χ4v) is 2.97. The molecule has 0 amide bonds. The van der Waals surface area contributed by atoms with E-state index in [1.165, 1.54) is 57.8 Å². The largest absolute Gasteiger partial charge is 0.375 e. The van der Waals surface area contributed by atoms with Gasteiger partial charge in [-0.3, -0.25) is 0 Å². The highest BCUT2D eigenvalue weighted by Gasteiger charge is 2.28. The van der Waals surface area contributed by atoms with Gasteiger partial charge in [-0.05, 0) is 6.42 Å². The molecule has 0 radical (unpaired) electrons. The van der Waals surface area contributed by atoms with Gasteiger partial charge >= 0.3 is 0 Å². The average molecular weight is 343 g/mol. The Balaban J connectivity index is 1.94. The molecule has 1 aliphatic rings. The van der Waals surface area contributed by atoms with E-state index in [1.54, 1.807) is 6.08 Å². The van der Waals surface area contributed by atoms with Gasteiger partial charge in [-0.1, -0.05) is 70.8 Å². The summed E-state index contributed by atoms with van der Waals surface area (Å²) in [6.07, 6.45) is 16.0. The summed E-state index contributed by atoms with van der Waals surface area (Å²) in [5, 5.41) is 0. The predicted octanol–water partition coefficient (Wildman–Crippen LogP) is 5.22. The maximum absolute atomic E-state index is 5.99. The molecule has 0 aromatic rings. The Kier molecular flexibility index (Phi) is 14.5. The smallest absolute Gasteiger partial charge is 0.142 e. The zero-order chi connectivity index (χ0) is 17.3. The van der Waals surface area contributed by atoms with Gasteiger partial charge in [0.05, 0.1) is 25.9 Å². The first-order valence-electron chi connectivity index (χ1n) is 9.97. The third-order valence-corrected chi connectivity index (χ3v) is 4.44. The number of rotatable bonds is 16. The van der Waals surface area contributed by atoms with E-state index < -0.39 is 0 Å². The molecule has 4 heteroatoms. The number of hydrogen-bond donors (Lipinski definition) is 0. The van der Waals surface area contributed by atoms with Crippen LogP contribution in [0.5, 0.6) is 0 Å². The molecule has 0 aromatic carbocycles. The summed E-state index contributed by atoms with van der Waals surface area (Å²) in [5.41, 5.74) is 0. The Labute approximate surface area is 148 Å². The lowest BCUT2D eigenvalue weighted by Crippen LogP contribution is -2.40. The minimum absolute atomic E-state index is 0.0853. The molecule has 4 nitrogen and oxygen atoms in total. The van der Waals surface area contributed by atoms with Crippen LogP contribution in [0.1, 0.15) is 77.6 Å². The highest BCUT2D eigenvalue weighted by Crippen LogP contribution is 2.17. The van der Waals surface area contributed by atoms with Crippen molar-refractivity contribution in [2.45, 2.75) is 89.8 Å². The maximum atomic E-state index is 5.99. The number of unbranched alkanes of at least 4 members (excludes halogenated alkanes) is 9. The van der Waals surface area contributed by atoms with Crippen molar-refractivity contribution >= 4 is 0 Å². The van der Waals surface area contributed by atoms with Crippen LogP contribution in [0.25, 0.3) is 0 Å². The van der Waals surface area contributed by atoms with Gasteiger partial charge in [-0.15, -0.1) is 6.58 Å². The molecule has 1 heterocycles. The number of hydrogen-bond acceptors (Lipinski definition) is 4. The molecule has 1 aliphatic heterocycles. The summed E-state index contributed by atoms with van der Waals surface area (Å²) in [7, 11) is 0. The van der Waals surface area contributed by atoms with Crippen LogP contribution in [0.4, 0.5) is 0 Å². The average Bonchev–Trinajstić information content (AvgIpc) is 2.61. The zero-order valence-corrected chi connectivity index (χ0v) is 15.7. The van der Waals surface area contributed by atoms with E-state index in [2.05, 4.69) is 13.5 Å². The first-order valence-corrected chi connectivity index (χ1v) is 9.97. The van der Waals surface area contributed by atoms with Gasteiger partial charge in [0.1, 0.15) is 6.10 Å². The lowest BCUT2D eigenvalue weighted by molar-refractivity contribution is -0.372. The quantitative estimate of drug-likeness (QED) is 0.219. The Morgan fingerprint density at radius 2 is 1.67 bits per heavy atom. The second-order valence-corrected chi connectivity index (χ2v) is 6.66. The standard InChI is InChI=1S/C20H38O4/c1-3-5-6-7-8-9-10-11-12-13-16-22-19-14-17-23-24-20(19)18-21-15-4-2/h4,19-20H,2-3,5-18H2,1H3. The van der Waals surface area contributed by atoms with E-state index in [0.717, 1.165) is 19.4 Å². The molecule has 1 fully saturated rings. The van der Waals surface area contributed by atoms with Crippen LogP contribution in [0.15, 0.2) is 12.7 Å². The van der Waals surface area contributed by atoms with Crippen molar-refractivity contribution < 1.29 is 19.2 Å². The molecule has 0 N–H and O–H groups in total. The second-order valence-electron chi connectivity index (χ2n) is 6.66. The molecular formula is C20H38O4. The molecule has 0 bridgehead atoms. The van der Waals surface area contributed by atoms with E-state index in [9.17, 15) is 0 Å². The van der Waals surface area contributed by atoms with E-state index in [4.69, 9.17) is 19.2 Å². The first-order chi connectivity index (χ1) is 11.9. The van der Waals surface area contributed by atoms with E-state index in [-0.39, 0.29) is 12.2 Å². The fraction of sp³-hybridized carbons (Fsp3) is 0.900. The summed E-state index contributed by atoms with van der Waals surface area (Å²) in [6.45, 7) is 8.35. The van der Waals surface area contributed by atoms with Crippen LogP contribution >= 0.6 is 0 Å². The van der Waals surface area contributed by atoms with Gasteiger partial charge in [-0.2, -0.15) is 0 Å². The van der Waals surface area contributed by atoms with Crippen molar-refractivity contribution in [3.8, 4) is 0 Å². The van der Waals surface area contributed by atoms with Crippen LogP contribution in [0, 0.1) is 0 Å². The predicted molar refractivity (Wildman–Crippen MR) is 98.0 cm³/mol. The lowest BCUT2D eigenvalue weighted by atomic mass is 10.1. The van der Waals surface area contributed by atoms with Crippen molar-refractivity contribution in [1.82, 2.24) is 0 Å². The lowest BCUT2D eigenvalue weighted by Gasteiger charge is -2.30. The monoisotopic (exact) mass is 342 g/mol. The number of ether oxygens (including phenoxy) is 2. The van der Waals surface area contributed by atoms with Gasteiger partial charge in [0, 0.05) is 13.0 Å². The molecule has 0 aromatic heterocycles. The van der Waals surface area contributed by atoms with Gasteiger partial charge in [-0.25, -0.2) is 9.78 Å². The van der Waals surface area contributed by atoms with Crippen molar-refractivity contribution in [2.24, 2.45) is 0 Å². The molecule has 1 saturated heterocycles. The normalized spacial score (nSPS) is 21.0. The van der Waals surface area contributed by atoms with Crippen molar-refractivity contribution in [3.05, 3.63) is 12.7 Å². The highest BCUT2D eigenvalue weighted by molar-refractivity contribution is 4.73. The summed E-state index contributed by atoms with van der Waals surface area (Å²) in [5.74, 6) is 0. The fourth-order valence-electron chi connectivity index (χ4n) is 2.97. The van der Waals surface area contributed by atoms with E-state index in [1.807, 2.05) is 0 Å². The Morgan fingerprint density at radius 3 is 2.33 bits per heavy atom. The summed E-state index contributed by atoms with van der Waals surface area (Å²) >= 11 is 0. The molecule has 1 rings (SSSR count). The second kappa shape index (κ2) is 16.1. The molecule has 2 atom stereocenters. The Morgan fingerprint density at radius 1 is 1.00 bits per heavy atom. The minimum atomic E-state index is -0.123. The molecule has 24 heavy (non-hydrogen) atoms. The molecule has 2 unspecified atom stereocenters. The first kappa shape index (κ1) is 21.6. The molecule has 142 valence electrons. The van der Waals surface area contributed by atoms with Crippen LogP contribution in [-0.2, 0) is 19.2 Å². The highest BCUT2D eigenvalue weighted by atomic mass is 17.2. The maximum Gasteiger partial charge on any atom is 0.142 e. The van der Waals surface area contributed by atoms with Crippen LogP contribution < -0.4 is 0 Å². The van der Waals surface area contributed by atoms with Gasteiger partial charge in [0.25, 0.3) is 0 Å². The molecule has 0 saturated carbocycles. The summed E-state index contributed by atoms with van der Waals surface area (Å²) < 4.78 is 11.4. The zero-order valence-electron chi connectivity index (χ0n) is 15.7. The van der Waals surface area contributed by atoms with Gasteiger partial charge < -0.3 is 9.47 Å². The van der Waals surface area contributed by atoms with Gasteiger partial charge in [0.2, 0.25) is 0 Å². The third kappa shape index (κ3) is 11.2. The van der Waals surface area contributed by atoms with Crippen molar-refractivity contribution in [1.29, 1.82) is 0 Å². The summed E-state index contributed by atoms with van der Waals surface area (Å²) in [4.78, 5) is 10.4. The topological polar surface area (TPSA) is 36.9 Å². The summed E-state index contributed by atoms with van der Waals surface area (Å²) in [6, 6.07) is 0. The Bertz CT molecular complexity index is 283. The van der Waals surface area contributed by atoms with Crippen LogP contribution in [0.3, 0.4) is 0 Å². The van der Waals surface area contributed by atoms with Crippen molar-refractivity contribution in [2.75, 3.05) is 26.4 Å². The van der Waals surface area contributed by atoms with Crippen molar-refractivity contribution in [3.63, 3.8) is 0 Å². The minimum Gasteiger partial charge on any atom is -0.375 e. The van der Waals surface area contributed by atoms with E-state index >= 15 is 0 Å². The Hall–Kier alpha value is -0.420. The SMILES string of the molecule is C=CCOCC1OOCCC1OCCCCCCCCCCCC. The molecule has 0 spiro atoms. The molecule has 0 aliphatic carbocycles. The van der Waals surface area contributed by atoms with Crippen LogP contribution in [0.2, 0.25) is 0 Å².